The number of carbonyl (C=O) groups is 1. The summed E-state index contributed by atoms with van der Waals surface area (Å²) in [7, 11) is 0. The van der Waals surface area contributed by atoms with Crippen molar-refractivity contribution < 1.29 is 4.79 Å². The van der Waals surface area contributed by atoms with Gasteiger partial charge in [0.2, 0.25) is 0 Å². The zero-order chi connectivity index (χ0) is 14.8. The number of hydrogen-bond donors (Lipinski definition) is 1. The largest absolute Gasteiger partial charge is 0.338 e. The Hall–Kier alpha value is -1.51. The van der Waals surface area contributed by atoms with Gasteiger partial charge in [0, 0.05) is 19.1 Å². The Labute approximate surface area is 127 Å². The second-order valence-corrected chi connectivity index (χ2v) is 6.69. The Kier molecular flexibility index (Phi) is 4.18. The molecule has 3 unspecified atom stereocenters. The first-order valence-electron chi connectivity index (χ1n) is 8.27. The lowest BCUT2D eigenvalue weighted by molar-refractivity contribution is 0.143. The van der Waals surface area contributed by atoms with E-state index in [0.29, 0.717) is 12.6 Å². The average Bonchev–Trinajstić information content (AvgIpc) is 3.09. The number of benzene rings is 1. The van der Waals surface area contributed by atoms with Crippen LogP contribution in [0.25, 0.3) is 0 Å². The molecule has 0 radical (unpaired) electrons. The van der Waals surface area contributed by atoms with E-state index < -0.39 is 0 Å². The van der Waals surface area contributed by atoms with Crippen LogP contribution < -0.4 is 5.32 Å². The molecule has 3 heteroatoms. The molecule has 0 aromatic heterocycles. The molecule has 3 rings (SSSR count). The van der Waals surface area contributed by atoms with Crippen molar-refractivity contribution in [1.29, 1.82) is 0 Å². The van der Waals surface area contributed by atoms with E-state index in [1.54, 1.807) is 0 Å². The van der Waals surface area contributed by atoms with Gasteiger partial charge in [0.25, 0.3) is 0 Å². The number of hydrogen-bond acceptors (Lipinski definition) is 1. The van der Waals surface area contributed by atoms with Gasteiger partial charge in [-0.2, -0.15) is 0 Å². The van der Waals surface area contributed by atoms with Gasteiger partial charge in [0.05, 0.1) is 0 Å². The molecule has 1 N–H and O–H groups in total. The minimum Gasteiger partial charge on any atom is -0.338 e. The Bertz CT molecular complexity index is 496. The molecule has 2 saturated carbocycles. The molecular formula is C18H26N2O. The molecule has 0 spiro atoms. The third kappa shape index (κ3) is 3.07. The van der Waals surface area contributed by atoms with E-state index in [1.165, 1.54) is 36.8 Å². The number of amides is 2. The van der Waals surface area contributed by atoms with E-state index in [1.807, 2.05) is 6.92 Å². The van der Waals surface area contributed by atoms with Crippen molar-refractivity contribution in [2.45, 2.75) is 52.1 Å². The van der Waals surface area contributed by atoms with Crippen LogP contribution in [0.2, 0.25) is 0 Å². The summed E-state index contributed by atoms with van der Waals surface area (Å²) in [6.45, 7) is 5.52. The Morgan fingerprint density at radius 1 is 1.24 bits per heavy atom. The maximum absolute atomic E-state index is 12.5. The molecule has 1 aromatic rings. The Balaban J connectivity index is 1.75. The lowest BCUT2D eigenvalue weighted by Crippen LogP contribution is -2.47. The van der Waals surface area contributed by atoms with Crippen LogP contribution in [0.4, 0.5) is 4.79 Å². The highest BCUT2D eigenvalue weighted by atomic mass is 16.2. The third-order valence-electron chi connectivity index (χ3n) is 5.16. The number of fused-ring (bicyclic) bond motifs is 2. The summed E-state index contributed by atoms with van der Waals surface area (Å²) in [5.41, 5.74) is 2.50. The van der Waals surface area contributed by atoms with Crippen molar-refractivity contribution in [1.82, 2.24) is 10.2 Å². The molecule has 2 aliphatic carbocycles. The summed E-state index contributed by atoms with van der Waals surface area (Å²) in [5.74, 6) is 1.58. The van der Waals surface area contributed by atoms with Gasteiger partial charge < -0.3 is 10.2 Å². The van der Waals surface area contributed by atoms with Crippen LogP contribution in [0.15, 0.2) is 24.3 Å². The Morgan fingerprint density at radius 2 is 2.00 bits per heavy atom. The second-order valence-electron chi connectivity index (χ2n) is 6.69. The van der Waals surface area contributed by atoms with Crippen LogP contribution in [0, 0.1) is 18.8 Å². The molecule has 0 saturated heterocycles. The second kappa shape index (κ2) is 6.08. The first-order valence-corrected chi connectivity index (χ1v) is 8.27. The summed E-state index contributed by atoms with van der Waals surface area (Å²) in [4.78, 5) is 14.6. The summed E-state index contributed by atoms with van der Waals surface area (Å²) in [6, 6.07) is 9.11. The molecule has 3 nitrogen and oxygen atoms in total. The molecule has 21 heavy (non-hydrogen) atoms. The van der Waals surface area contributed by atoms with Gasteiger partial charge >= 0.3 is 6.03 Å². The van der Waals surface area contributed by atoms with Crippen LogP contribution >= 0.6 is 0 Å². The highest BCUT2D eigenvalue weighted by molar-refractivity contribution is 5.74. The number of aryl methyl sites for hydroxylation is 1. The standard InChI is InChI=1S/C18H26N2O/c1-3-19-18(21)20(12-14-6-4-13(2)5-7-14)17-11-15-8-9-16(17)10-15/h4-7,15-17H,3,8-12H2,1-2H3,(H,19,21). The maximum Gasteiger partial charge on any atom is 0.317 e. The van der Waals surface area contributed by atoms with E-state index in [9.17, 15) is 4.79 Å². The number of urea groups is 1. The highest BCUT2D eigenvalue weighted by Crippen LogP contribution is 2.46. The van der Waals surface area contributed by atoms with Crippen molar-refractivity contribution in [2.75, 3.05) is 6.54 Å². The maximum atomic E-state index is 12.5. The first kappa shape index (κ1) is 14.4. The van der Waals surface area contributed by atoms with Gasteiger partial charge in [0.1, 0.15) is 0 Å². The van der Waals surface area contributed by atoms with Crippen molar-refractivity contribution in [3.8, 4) is 0 Å². The molecule has 0 heterocycles. The van der Waals surface area contributed by atoms with Gasteiger partial charge in [-0.15, -0.1) is 0 Å². The summed E-state index contributed by atoms with van der Waals surface area (Å²) < 4.78 is 0. The highest BCUT2D eigenvalue weighted by Gasteiger charge is 2.43. The molecule has 114 valence electrons. The summed E-state index contributed by atoms with van der Waals surface area (Å²) >= 11 is 0. The van der Waals surface area contributed by atoms with Gasteiger partial charge in [0.15, 0.2) is 0 Å². The average molecular weight is 286 g/mol. The zero-order valence-corrected chi connectivity index (χ0v) is 13.1. The number of rotatable bonds is 4. The molecule has 1 aromatic carbocycles. The zero-order valence-electron chi connectivity index (χ0n) is 13.1. The predicted octanol–water partition coefficient (Wildman–Crippen LogP) is 3.72. The lowest BCUT2D eigenvalue weighted by Gasteiger charge is -2.34. The summed E-state index contributed by atoms with van der Waals surface area (Å²) in [5, 5.41) is 3.00. The number of carbonyl (C=O) groups excluding carboxylic acids is 1. The smallest absolute Gasteiger partial charge is 0.317 e. The monoisotopic (exact) mass is 286 g/mol. The van der Waals surface area contributed by atoms with Gasteiger partial charge in [-0.05, 0) is 50.5 Å². The molecule has 2 aliphatic rings. The SMILES string of the molecule is CCNC(=O)N(Cc1ccc(C)cc1)C1CC2CCC1C2. The normalized spacial score (nSPS) is 26.9. The molecule has 0 aliphatic heterocycles. The third-order valence-corrected chi connectivity index (χ3v) is 5.16. The van der Waals surface area contributed by atoms with Gasteiger partial charge in [-0.3, -0.25) is 0 Å². The lowest BCUT2D eigenvalue weighted by atomic mass is 9.93. The minimum atomic E-state index is 0.107. The molecule has 2 amide bonds. The topological polar surface area (TPSA) is 32.3 Å². The van der Waals surface area contributed by atoms with Crippen LogP contribution in [-0.2, 0) is 6.54 Å². The van der Waals surface area contributed by atoms with Crippen molar-refractivity contribution in [3.63, 3.8) is 0 Å². The molecular weight excluding hydrogens is 260 g/mol. The first-order chi connectivity index (χ1) is 10.2. The van der Waals surface area contributed by atoms with E-state index in [2.05, 4.69) is 41.4 Å². The number of nitrogens with zero attached hydrogens (tertiary/aromatic N) is 1. The van der Waals surface area contributed by atoms with Crippen LogP contribution in [0.5, 0.6) is 0 Å². The van der Waals surface area contributed by atoms with E-state index in [0.717, 1.165) is 18.4 Å². The van der Waals surface area contributed by atoms with Gasteiger partial charge in [-0.25, -0.2) is 4.79 Å². The minimum absolute atomic E-state index is 0.107. The predicted molar refractivity (Wildman–Crippen MR) is 85.0 cm³/mol. The molecule has 2 bridgehead atoms. The molecule has 3 atom stereocenters. The molecule has 2 fully saturated rings. The fraction of sp³-hybridized carbons (Fsp3) is 0.611. The van der Waals surface area contributed by atoms with E-state index in [4.69, 9.17) is 0 Å². The fourth-order valence-electron chi connectivity index (χ4n) is 4.08. The van der Waals surface area contributed by atoms with Crippen molar-refractivity contribution in [2.24, 2.45) is 11.8 Å². The fourth-order valence-corrected chi connectivity index (χ4v) is 4.08. The van der Waals surface area contributed by atoms with Crippen LogP contribution in [-0.4, -0.2) is 23.5 Å². The van der Waals surface area contributed by atoms with Crippen molar-refractivity contribution >= 4 is 6.03 Å². The summed E-state index contributed by atoms with van der Waals surface area (Å²) in [6.07, 6.45) is 5.20. The van der Waals surface area contributed by atoms with Crippen LogP contribution in [0.3, 0.4) is 0 Å². The van der Waals surface area contributed by atoms with Gasteiger partial charge in [-0.1, -0.05) is 36.2 Å². The van der Waals surface area contributed by atoms with E-state index in [-0.39, 0.29) is 6.03 Å². The van der Waals surface area contributed by atoms with Crippen LogP contribution in [0.1, 0.15) is 43.7 Å². The number of nitrogens with one attached hydrogen (secondary N) is 1. The Morgan fingerprint density at radius 3 is 2.57 bits per heavy atom. The van der Waals surface area contributed by atoms with Crippen molar-refractivity contribution in [3.05, 3.63) is 35.4 Å². The quantitative estimate of drug-likeness (QED) is 0.899. The van der Waals surface area contributed by atoms with E-state index >= 15 is 0 Å².